The molecule has 0 bridgehead atoms. The van der Waals surface area contributed by atoms with Gasteiger partial charge in [0, 0.05) is 6.61 Å². The van der Waals surface area contributed by atoms with Gasteiger partial charge < -0.3 is 10.1 Å². The molecule has 82 valence electrons. The Morgan fingerprint density at radius 3 is 2.73 bits per heavy atom. The summed E-state index contributed by atoms with van der Waals surface area (Å²) in [6, 6.07) is 2.26. The van der Waals surface area contributed by atoms with Crippen LogP contribution in [0.15, 0.2) is 0 Å². The van der Waals surface area contributed by atoms with Gasteiger partial charge in [-0.05, 0) is 32.1 Å². The molecule has 0 aromatic carbocycles. The molecule has 2 fully saturated rings. The van der Waals surface area contributed by atoms with Crippen LogP contribution in [-0.4, -0.2) is 24.7 Å². The van der Waals surface area contributed by atoms with E-state index in [1.807, 2.05) is 0 Å². The Kier molecular flexibility index (Phi) is 2.92. The number of hydrogen-bond acceptors (Lipinski definition) is 3. The molecule has 0 aromatic rings. The smallest absolute Gasteiger partial charge is 0.226 e. The molecule has 4 nitrogen and oxygen atoms in total. The molecule has 1 heterocycles. The van der Waals surface area contributed by atoms with Crippen LogP contribution >= 0.6 is 0 Å². The van der Waals surface area contributed by atoms with Crippen LogP contribution in [0.3, 0.4) is 0 Å². The molecule has 1 saturated carbocycles. The molecule has 1 aliphatic carbocycles. The second-order valence-corrected chi connectivity index (χ2v) is 4.45. The highest BCUT2D eigenvalue weighted by Crippen LogP contribution is 2.29. The van der Waals surface area contributed by atoms with Crippen LogP contribution in [0.2, 0.25) is 0 Å². The van der Waals surface area contributed by atoms with E-state index in [1.165, 1.54) is 0 Å². The van der Waals surface area contributed by atoms with Gasteiger partial charge in [-0.15, -0.1) is 0 Å². The van der Waals surface area contributed by atoms with Gasteiger partial charge in [0.15, 0.2) is 0 Å². The molecule has 2 rings (SSSR count). The summed E-state index contributed by atoms with van der Waals surface area (Å²) < 4.78 is 5.17. The minimum absolute atomic E-state index is 0.00375. The number of nitrogens with zero attached hydrogens (tertiary/aromatic N) is 1. The summed E-state index contributed by atoms with van der Waals surface area (Å²) in [6.07, 6.45) is 4.45. The summed E-state index contributed by atoms with van der Waals surface area (Å²) in [5.41, 5.74) is -0.584. The zero-order valence-electron chi connectivity index (χ0n) is 8.79. The highest BCUT2D eigenvalue weighted by atomic mass is 16.5. The first kappa shape index (κ1) is 10.4. The van der Waals surface area contributed by atoms with Gasteiger partial charge in [-0.2, -0.15) is 5.26 Å². The Morgan fingerprint density at radius 2 is 2.20 bits per heavy atom. The summed E-state index contributed by atoms with van der Waals surface area (Å²) in [4.78, 5) is 11.8. The van der Waals surface area contributed by atoms with E-state index in [9.17, 15) is 4.79 Å². The topological polar surface area (TPSA) is 62.1 Å². The highest BCUT2D eigenvalue weighted by molar-refractivity contribution is 5.80. The Hall–Kier alpha value is -1.08. The molecule has 2 aliphatic rings. The number of hydrogen-bond donors (Lipinski definition) is 1. The van der Waals surface area contributed by atoms with Crippen LogP contribution in [0.5, 0.6) is 0 Å². The number of nitriles is 1. The first-order valence-corrected chi connectivity index (χ1v) is 5.57. The van der Waals surface area contributed by atoms with E-state index in [2.05, 4.69) is 11.4 Å². The fourth-order valence-electron chi connectivity index (χ4n) is 2.32. The number of ether oxygens (including phenoxy) is 1. The van der Waals surface area contributed by atoms with Crippen LogP contribution < -0.4 is 5.32 Å². The summed E-state index contributed by atoms with van der Waals surface area (Å²) in [6.45, 7) is 1.17. The number of amides is 1. The molecule has 1 unspecified atom stereocenters. The average Bonchev–Trinajstić information content (AvgIpc) is 2.88. The summed E-state index contributed by atoms with van der Waals surface area (Å²) in [5.74, 6) is -0.0493. The van der Waals surface area contributed by atoms with Crippen LogP contribution in [0.4, 0.5) is 0 Å². The van der Waals surface area contributed by atoms with Gasteiger partial charge in [0.2, 0.25) is 5.91 Å². The standard InChI is InChI=1S/C11H16N2O2/c12-8-11(4-1-2-5-11)13-10(14)9-3-6-15-7-9/h9H,1-7H2,(H,13,14). The van der Waals surface area contributed by atoms with Crippen molar-refractivity contribution in [3.05, 3.63) is 0 Å². The fraction of sp³-hybridized carbons (Fsp3) is 0.818. The van der Waals surface area contributed by atoms with E-state index >= 15 is 0 Å². The van der Waals surface area contributed by atoms with Crippen molar-refractivity contribution in [2.45, 2.75) is 37.6 Å². The van der Waals surface area contributed by atoms with Gasteiger partial charge >= 0.3 is 0 Å². The molecule has 4 heteroatoms. The first-order chi connectivity index (χ1) is 7.26. The molecule has 1 atom stereocenters. The predicted molar refractivity (Wildman–Crippen MR) is 53.9 cm³/mol. The second kappa shape index (κ2) is 4.19. The van der Waals surface area contributed by atoms with Crippen LogP contribution in [0, 0.1) is 17.2 Å². The van der Waals surface area contributed by atoms with Crippen molar-refractivity contribution in [2.24, 2.45) is 5.92 Å². The Balaban J connectivity index is 1.95. The van der Waals surface area contributed by atoms with Gasteiger partial charge in [0.1, 0.15) is 5.54 Å². The molecule has 15 heavy (non-hydrogen) atoms. The van der Waals surface area contributed by atoms with Crippen molar-refractivity contribution in [1.82, 2.24) is 5.32 Å². The largest absolute Gasteiger partial charge is 0.381 e. The molecule has 0 radical (unpaired) electrons. The van der Waals surface area contributed by atoms with Gasteiger partial charge in [0.05, 0.1) is 18.6 Å². The second-order valence-electron chi connectivity index (χ2n) is 4.45. The van der Waals surface area contributed by atoms with E-state index in [0.29, 0.717) is 13.2 Å². The molecule has 1 amide bonds. The van der Waals surface area contributed by atoms with Crippen molar-refractivity contribution >= 4 is 5.91 Å². The quantitative estimate of drug-likeness (QED) is 0.735. The molecular formula is C11H16N2O2. The van der Waals surface area contributed by atoms with Crippen LogP contribution in [0.25, 0.3) is 0 Å². The number of carbonyl (C=O) groups excluding carboxylic acids is 1. The molecule has 1 aliphatic heterocycles. The minimum Gasteiger partial charge on any atom is -0.381 e. The fourth-order valence-corrected chi connectivity index (χ4v) is 2.32. The predicted octanol–water partition coefficient (Wildman–Crippen LogP) is 0.975. The minimum atomic E-state index is -0.584. The van der Waals surface area contributed by atoms with Crippen molar-refractivity contribution in [1.29, 1.82) is 5.26 Å². The maximum absolute atomic E-state index is 11.8. The number of nitrogens with one attached hydrogen (secondary N) is 1. The van der Waals surface area contributed by atoms with Gasteiger partial charge in [-0.3, -0.25) is 4.79 Å². The van der Waals surface area contributed by atoms with E-state index in [4.69, 9.17) is 10.00 Å². The van der Waals surface area contributed by atoms with Crippen molar-refractivity contribution < 1.29 is 9.53 Å². The van der Waals surface area contributed by atoms with E-state index in [1.54, 1.807) is 0 Å². The highest BCUT2D eigenvalue weighted by Gasteiger charge is 2.37. The monoisotopic (exact) mass is 208 g/mol. The molecule has 1 saturated heterocycles. The zero-order chi connectivity index (χ0) is 10.7. The van der Waals surface area contributed by atoms with Gasteiger partial charge in [0.25, 0.3) is 0 Å². The average molecular weight is 208 g/mol. The van der Waals surface area contributed by atoms with Crippen LogP contribution in [-0.2, 0) is 9.53 Å². The zero-order valence-corrected chi connectivity index (χ0v) is 8.79. The third-order valence-corrected chi connectivity index (χ3v) is 3.33. The third-order valence-electron chi connectivity index (χ3n) is 3.33. The maximum Gasteiger partial charge on any atom is 0.226 e. The lowest BCUT2D eigenvalue weighted by molar-refractivity contribution is -0.126. The van der Waals surface area contributed by atoms with Crippen molar-refractivity contribution in [3.8, 4) is 6.07 Å². The lowest BCUT2D eigenvalue weighted by Crippen LogP contribution is -2.47. The third kappa shape index (κ3) is 2.13. The SMILES string of the molecule is N#CC1(NC(=O)C2CCOC2)CCCC1. The van der Waals surface area contributed by atoms with Gasteiger partial charge in [-0.1, -0.05) is 0 Å². The molecule has 0 spiro atoms. The Labute approximate surface area is 89.6 Å². The number of carbonyl (C=O) groups is 1. The number of rotatable bonds is 2. The van der Waals surface area contributed by atoms with E-state index in [0.717, 1.165) is 32.1 Å². The molecule has 0 aromatic heterocycles. The lowest BCUT2D eigenvalue weighted by Gasteiger charge is -2.23. The van der Waals surface area contributed by atoms with Gasteiger partial charge in [-0.25, -0.2) is 0 Å². The summed E-state index contributed by atoms with van der Waals surface area (Å²) in [5, 5.41) is 12.0. The van der Waals surface area contributed by atoms with E-state index in [-0.39, 0.29) is 11.8 Å². The lowest BCUT2D eigenvalue weighted by atomic mass is 9.98. The van der Waals surface area contributed by atoms with Crippen molar-refractivity contribution in [3.63, 3.8) is 0 Å². The first-order valence-electron chi connectivity index (χ1n) is 5.57. The van der Waals surface area contributed by atoms with Crippen LogP contribution in [0.1, 0.15) is 32.1 Å². The summed E-state index contributed by atoms with van der Waals surface area (Å²) in [7, 11) is 0. The normalized spacial score (nSPS) is 28.6. The van der Waals surface area contributed by atoms with E-state index < -0.39 is 5.54 Å². The van der Waals surface area contributed by atoms with Crippen molar-refractivity contribution in [2.75, 3.05) is 13.2 Å². The maximum atomic E-state index is 11.8. The summed E-state index contributed by atoms with van der Waals surface area (Å²) >= 11 is 0. The molecular weight excluding hydrogens is 192 g/mol. The molecule has 1 N–H and O–H groups in total. The Morgan fingerprint density at radius 1 is 1.47 bits per heavy atom. The Bertz CT molecular complexity index is 283.